The Hall–Kier alpha value is -1.13. The molecule has 1 unspecified atom stereocenters. The molecule has 1 fully saturated rings. The monoisotopic (exact) mass is 222 g/mol. The number of rotatable bonds is 1. The standard InChI is InChI=1S/C10H11ClN4/c11-9-6-13-10-14-8(3-5-15(9)10)7-2-1-4-12-7/h3,5-7,12H,1-2,4H2. The van der Waals surface area contributed by atoms with Crippen molar-refractivity contribution in [3.8, 4) is 0 Å². The summed E-state index contributed by atoms with van der Waals surface area (Å²) in [5, 5.41) is 4.01. The Morgan fingerprint density at radius 3 is 3.27 bits per heavy atom. The van der Waals surface area contributed by atoms with E-state index in [-0.39, 0.29) is 0 Å². The maximum atomic E-state index is 5.93. The molecule has 0 aromatic carbocycles. The maximum absolute atomic E-state index is 5.93. The van der Waals surface area contributed by atoms with Gasteiger partial charge in [-0.1, -0.05) is 11.6 Å². The third-order valence-electron chi connectivity index (χ3n) is 2.77. The van der Waals surface area contributed by atoms with Crippen LogP contribution in [0.25, 0.3) is 5.78 Å². The molecule has 1 saturated heterocycles. The lowest BCUT2D eigenvalue weighted by Crippen LogP contribution is -2.14. The van der Waals surface area contributed by atoms with Crippen molar-refractivity contribution in [2.75, 3.05) is 6.54 Å². The average molecular weight is 223 g/mol. The van der Waals surface area contributed by atoms with Crippen LogP contribution in [0.5, 0.6) is 0 Å². The minimum Gasteiger partial charge on any atom is -0.309 e. The van der Waals surface area contributed by atoms with E-state index in [0.29, 0.717) is 17.0 Å². The fourth-order valence-electron chi connectivity index (χ4n) is 1.99. The summed E-state index contributed by atoms with van der Waals surface area (Å²) in [6, 6.07) is 2.38. The van der Waals surface area contributed by atoms with Gasteiger partial charge in [-0.3, -0.25) is 4.40 Å². The first-order valence-electron chi connectivity index (χ1n) is 5.07. The number of fused-ring (bicyclic) bond motifs is 1. The van der Waals surface area contributed by atoms with Crippen LogP contribution in [0.1, 0.15) is 24.6 Å². The topological polar surface area (TPSA) is 42.2 Å². The average Bonchev–Trinajstić information content (AvgIpc) is 2.88. The Morgan fingerprint density at radius 2 is 2.47 bits per heavy atom. The molecule has 0 amide bonds. The van der Waals surface area contributed by atoms with Crippen molar-refractivity contribution in [1.29, 1.82) is 0 Å². The van der Waals surface area contributed by atoms with Gasteiger partial charge in [-0.15, -0.1) is 0 Å². The van der Waals surface area contributed by atoms with E-state index in [9.17, 15) is 0 Å². The number of nitrogens with one attached hydrogen (secondary N) is 1. The molecule has 3 heterocycles. The molecule has 0 spiro atoms. The van der Waals surface area contributed by atoms with E-state index in [4.69, 9.17) is 11.6 Å². The van der Waals surface area contributed by atoms with E-state index in [2.05, 4.69) is 15.3 Å². The van der Waals surface area contributed by atoms with Crippen molar-refractivity contribution in [3.63, 3.8) is 0 Å². The van der Waals surface area contributed by atoms with Gasteiger partial charge < -0.3 is 5.32 Å². The summed E-state index contributed by atoms with van der Waals surface area (Å²) < 4.78 is 1.78. The van der Waals surface area contributed by atoms with Crippen molar-refractivity contribution in [3.05, 3.63) is 29.3 Å². The highest BCUT2D eigenvalue weighted by molar-refractivity contribution is 6.29. The van der Waals surface area contributed by atoms with Crippen molar-refractivity contribution < 1.29 is 0 Å². The summed E-state index contributed by atoms with van der Waals surface area (Å²) in [7, 11) is 0. The molecule has 1 aliphatic rings. The van der Waals surface area contributed by atoms with Crippen LogP contribution < -0.4 is 5.32 Å². The van der Waals surface area contributed by atoms with Gasteiger partial charge in [0.1, 0.15) is 5.15 Å². The molecule has 1 N–H and O–H groups in total. The largest absolute Gasteiger partial charge is 0.309 e. The highest BCUT2D eigenvalue weighted by Gasteiger charge is 2.18. The lowest BCUT2D eigenvalue weighted by molar-refractivity contribution is 0.627. The molecule has 1 aliphatic heterocycles. The van der Waals surface area contributed by atoms with Gasteiger partial charge in [0.15, 0.2) is 0 Å². The molecular weight excluding hydrogens is 212 g/mol. The van der Waals surface area contributed by atoms with Gasteiger partial charge in [0, 0.05) is 12.2 Å². The fraction of sp³-hybridized carbons (Fsp3) is 0.400. The van der Waals surface area contributed by atoms with E-state index in [1.54, 1.807) is 10.6 Å². The maximum Gasteiger partial charge on any atom is 0.235 e. The first-order valence-corrected chi connectivity index (χ1v) is 5.45. The van der Waals surface area contributed by atoms with Crippen molar-refractivity contribution in [2.45, 2.75) is 18.9 Å². The lowest BCUT2D eigenvalue weighted by atomic mass is 10.1. The zero-order valence-corrected chi connectivity index (χ0v) is 8.91. The van der Waals surface area contributed by atoms with E-state index in [1.165, 1.54) is 6.42 Å². The molecular formula is C10H11ClN4. The highest BCUT2D eigenvalue weighted by Crippen LogP contribution is 2.22. The first kappa shape index (κ1) is 9.12. The van der Waals surface area contributed by atoms with Crippen LogP contribution >= 0.6 is 11.6 Å². The normalized spacial score (nSPS) is 21.3. The number of imidazole rings is 1. The molecule has 5 heteroatoms. The van der Waals surface area contributed by atoms with Crippen molar-refractivity contribution in [2.24, 2.45) is 0 Å². The van der Waals surface area contributed by atoms with Crippen LogP contribution in [0.2, 0.25) is 5.15 Å². The molecule has 4 nitrogen and oxygen atoms in total. The Labute approximate surface area is 92.3 Å². The zero-order valence-electron chi connectivity index (χ0n) is 8.15. The van der Waals surface area contributed by atoms with Crippen molar-refractivity contribution in [1.82, 2.24) is 19.7 Å². The molecule has 0 aliphatic carbocycles. The third-order valence-corrected chi connectivity index (χ3v) is 3.05. The molecule has 0 radical (unpaired) electrons. The molecule has 0 saturated carbocycles. The SMILES string of the molecule is Clc1cnc2nc(C3CCCN3)ccn12. The van der Waals surface area contributed by atoms with Gasteiger partial charge in [-0.05, 0) is 25.5 Å². The number of hydrogen-bond acceptors (Lipinski definition) is 3. The van der Waals surface area contributed by atoms with Gasteiger partial charge in [0.25, 0.3) is 0 Å². The fourth-order valence-corrected chi connectivity index (χ4v) is 2.17. The van der Waals surface area contributed by atoms with Crippen LogP contribution in [0.15, 0.2) is 18.5 Å². The zero-order chi connectivity index (χ0) is 10.3. The van der Waals surface area contributed by atoms with Gasteiger partial charge in [-0.25, -0.2) is 9.97 Å². The van der Waals surface area contributed by atoms with Crippen LogP contribution in [-0.2, 0) is 0 Å². The molecule has 2 aromatic heterocycles. The van der Waals surface area contributed by atoms with Crippen molar-refractivity contribution >= 4 is 17.4 Å². The van der Waals surface area contributed by atoms with Crippen LogP contribution in [0.4, 0.5) is 0 Å². The Bertz CT molecular complexity index is 487. The smallest absolute Gasteiger partial charge is 0.235 e. The molecule has 1 atom stereocenters. The van der Waals surface area contributed by atoms with Gasteiger partial charge in [-0.2, -0.15) is 0 Å². The number of aromatic nitrogens is 3. The molecule has 3 rings (SSSR count). The van der Waals surface area contributed by atoms with Gasteiger partial charge in [0.2, 0.25) is 5.78 Å². The number of hydrogen-bond donors (Lipinski definition) is 1. The first-order chi connectivity index (χ1) is 7.34. The summed E-state index contributed by atoms with van der Waals surface area (Å²) in [5.41, 5.74) is 1.06. The number of halogens is 1. The van der Waals surface area contributed by atoms with E-state index >= 15 is 0 Å². The van der Waals surface area contributed by atoms with E-state index in [1.807, 2.05) is 12.3 Å². The summed E-state index contributed by atoms with van der Waals surface area (Å²) in [4.78, 5) is 8.63. The second-order valence-electron chi connectivity index (χ2n) is 3.75. The molecule has 2 aromatic rings. The summed E-state index contributed by atoms with van der Waals surface area (Å²) in [5.74, 6) is 0.672. The van der Waals surface area contributed by atoms with Gasteiger partial charge in [0.05, 0.1) is 11.9 Å². The number of nitrogens with zero attached hydrogens (tertiary/aromatic N) is 3. The minimum absolute atomic E-state index is 0.380. The second kappa shape index (κ2) is 3.47. The van der Waals surface area contributed by atoms with E-state index in [0.717, 1.165) is 18.7 Å². The van der Waals surface area contributed by atoms with Gasteiger partial charge >= 0.3 is 0 Å². The molecule has 15 heavy (non-hydrogen) atoms. The quantitative estimate of drug-likeness (QED) is 0.800. The highest BCUT2D eigenvalue weighted by atomic mass is 35.5. The summed E-state index contributed by atoms with van der Waals surface area (Å²) in [6.07, 6.45) is 5.91. The summed E-state index contributed by atoms with van der Waals surface area (Å²) in [6.45, 7) is 1.08. The predicted octanol–water partition coefficient (Wildman–Crippen LogP) is 1.81. The van der Waals surface area contributed by atoms with Crippen LogP contribution in [-0.4, -0.2) is 20.9 Å². The Kier molecular flexibility index (Phi) is 2.11. The Balaban J connectivity index is 2.05. The molecule has 0 bridgehead atoms. The molecule has 78 valence electrons. The predicted molar refractivity (Wildman–Crippen MR) is 58.0 cm³/mol. The van der Waals surface area contributed by atoms with E-state index < -0.39 is 0 Å². The van der Waals surface area contributed by atoms with Crippen LogP contribution in [0.3, 0.4) is 0 Å². The second-order valence-corrected chi connectivity index (χ2v) is 4.14. The van der Waals surface area contributed by atoms with Crippen LogP contribution in [0, 0.1) is 0 Å². The summed E-state index contributed by atoms with van der Waals surface area (Å²) >= 11 is 5.93. The lowest BCUT2D eigenvalue weighted by Gasteiger charge is -2.08. The minimum atomic E-state index is 0.380. The third kappa shape index (κ3) is 1.50. The Morgan fingerprint density at radius 1 is 1.53 bits per heavy atom.